The number of thiophene rings is 1. The maximum Gasteiger partial charge on any atom is 0.0722 e. The summed E-state index contributed by atoms with van der Waals surface area (Å²) < 4.78 is 1.21. The third-order valence-electron chi connectivity index (χ3n) is 8.09. The molecule has 0 spiro atoms. The maximum atomic E-state index is 3.83. The topological polar surface area (TPSA) is 0 Å². The van der Waals surface area contributed by atoms with Gasteiger partial charge in [0.15, 0.2) is 0 Å². The second-order valence-electron chi connectivity index (χ2n) is 10.6. The van der Waals surface area contributed by atoms with E-state index in [4.69, 9.17) is 0 Å². The summed E-state index contributed by atoms with van der Waals surface area (Å²) in [6.45, 7) is 4.56. The zero-order chi connectivity index (χ0) is 25.7. The number of aryl methyl sites for hydroxylation is 2. The smallest absolute Gasteiger partial charge is 0.0722 e. The molecule has 1 aromatic heterocycles. The van der Waals surface area contributed by atoms with E-state index >= 15 is 0 Å². The van der Waals surface area contributed by atoms with E-state index < -0.39 is 0 Å². The average Bonchev–Trinajstić information content (AvgIpc) is 3.44. The lowest BCUT2D eigenvalue weighted by Crippen LogP contribution is -2.28. The Bertz CT molecular complexity index is 1240. The lowest BCUT2D eigenvalue weighted by Gasteiger charge is -2.33. The molecule has 0 saturated heterocycles. The molecule has 192 valence electrons. The number of hydrogen-bond donors (Lipinski definition) is 0. The van der Waals surface area contributed by atoms with Crippen molar-refractivity contribution in [2.24, 2.45) is 0 Å². The van der Waals surface area contributed by atoms with Crippen molar-refractivity contribution in [1.82, 2.24) is 0 Å². The normalized spacial score (nSPS) is 13.5. The van der Waals surface area contributed by atoms with Gasteiger partial charge in [-0.2, -0.15) is 0 Å². The Kier molecular flexibility index (Phi) is 8.67. The molecular weight excluding hydrogens is 532 g/mol. The Balaban J connectivity index is 1.56. The van der Waals surface area contributed by atoms with E-state index in [0.29, 0.717) is 0 Å². The van der Waals surface area contributed by atoms with Gasteiger partial charge in [-0.25, -0.2) is 0 Å². The molecule has 0 amide bonds. The van der Waals surface area contributed by atoms with Gasteiger partial charge >= 0.3 is 0 Å². The zero-order valence-corrected chi connectivity index (χ0v) is 24.8. The predicted octanol–water partition coefficient (Wildman–Crippen LogP) is 11.1. The summed E-state index contributed by atoms with van der Waals surface area (Å²) in [5.41, 5.74) is 9.57. The van der Waals surface area contributed by atoms with Gasteiger partial charge in [0.25, 0.3) is 0 Å². The minimum atomic E-state index is -0.282. The number of unbranched alkanes of at least 4 members (excludes halogenated alkanes) is 6. The lowest BCUT2D eigenvalue weighted by atomic mass is 9.68. The number of rotatable bonds is 12. The van der Waals surface area contributed by atoms with E-state index in [2.05, 4.69) is 109 Å². The van der Waals surface area contributed by atoms with Crippen molar-refractivity contribution < 1.29 is 0 Å². The SMILES string of the molecule is CCCCCCc1ccc(C2(c3ccc(CCCCCC)cc3)c3ccccc3-c3sc(Br)cc32)cc1. The number of benzene rings is 3. The molecule has 3 aromatic carbocycles. The van der Waals surface area contributed by atoms with Crippen LogP contribution in [-0.4, -0.2) is 0 Å². The van der Waals surface area contributed by atoms with Gasteiger partial charge in [0.2, 0.25) is 0 Å². The Morgan fingerprint density at radius 3 is 1.70 bits per heavy atom. The Labute approximate surface area is 236 Å². The van der Waals surface area contributed by atoms with Crippen molar-refractivity contribution in [3.8, 4) is 10.4 Å². The first-order valence-corrected chi connectivity index (χ1v) is 15.9. The van der Waals surface area contributed by atoms with E-state index in [1.807, 2.05) is 11.3 Å². The standard InChI is InChI=1S/C35H39BrS/c1-3-5-7-9-13-26-17-21-28(22-18-26)35(29-23-19-27(20-24-29)14-10-8-6-4-2)31-16-12-11-15-30(31)34-32(35)25-33(36)37-34/h11-12,15-25H,3-10,13-14H2,1-2H3. The molecule has 0 nitrogen and oxygen atoms in total. The summed E-state index contributed by atoms with van der Waals surface area (Å²) >= 11 is 5.70. The monoisotopic (exact) mass is 570 g/mol. The maximum absolute atomic E-state index is 3.83. The van der Waals surface area contributed by atoms with Crippen LogP contribution in [-0.2, 0) is 18.3 Å². The van der Waals surface area contributed by atoms with E-state index in [-0.39, 0.29) is 5.41 Å². The molecule has 0 aliphatic heterocycles. The molecule has 2 heteroatoms. The zero-order valence-electron chi connectivity index (χ0n) is 22.4. The summed E-state index contributed by atoms with van der Waals surface area (Å²) in [6, 6.07) is 30.6. The largest absolute Gasteiger partial charge is 0.128 e. The number of halogens is 1. The molecule has 0 saturated carbocycles. The van der Waals surface area contributed by atoms with Gasteiger partial charge in [0, 0.05) is 4.88 Å². The molecule has 0 radical (unpaired) electrons. The van der Waals surface area contributed by atoms with E-state index in [0.717, 1.165) is 0 Å². The molecule has 0 bridgehead atoms. The van der Waals surface area contributed by atoms with Gasteiger partial charge < -0.3 is 0 Å². The van der Waals surface area contributed by atoms with Crippen LogP contribution in [0.2, 0.25) is 0 Å². The fourth-order valence-electron chi connectivity index (χ4n) is 6.14. The average molecular weight is 572 g/mol. The summed E-state index contributed by atoms with van der Waals surface area (Å²) in [5, 5.41) is 0. The minimum Gasteiger partial charge on any atom is -0.128 e. The van der Waals surface area contributed by atoms with Crippen LogP contribution in [0.3, 0.4) is 0 Å². The first kappa shape index (κ1) is 26.4. The van der Waals surface area contributed by atoms with Crippen LogP contribution in [0.15, 0.2) is 82.6 Å². The highest BCUT2D eigenvalue weighted by Crippen LogP contribution is 2.59. The van der Waals surface area contributed by atoms with E-state index in [9.17, 15) is 0 Å². The van der Waals surface area contributed by atoms with E-state index in [1.54, 1.807) is 0 Å². The van der Waals surface area contributed by atoms with Gasteiger partial charge in [0.05, 0.1) is 9.20 Å². The second-order valence-corrected chi connectivity index (χ2v) is 13.0. The number of hydrogen-bond acceptors (Lipinski definition) is 1. The molecule has 0 fully saturated rings. The van der Waals surface area contributed by atoms with Crippen molar-refractivity contribution >= 4 is 27.3 Å². The predicted molar refractivity (Wildman–Crippen MR) is 165 cm³/mol. The Hall–Kier alpha value is -2.16. The second kappa shape index (κ2) is 12.1. The van der Waals surface area contributed by atoms with Gasteiger partial charge in [-0.1, -0.05) is 125 Å². The molecule has 0 unspecified atom stereocenters. The van der Waals surface area contributed by atoms with Crippen molar-refractivity contribution in [3.05, 3.63) is 116 Å². The molecule has 1 heterocycles. The van der Waals surface area contributed by atoms with E-state index in [1.165, 1.54) is 112 Å². The first-order valence-electron chi connectivity index (χ1n) is 14.3. The third kappa shape index (κ3) is 5.25. The van der Waals surface area contributed by atoms with Crippen LogP contribution in [0, 0.1) is 0 Å². The van der Waals surface area contributed by atoms with Crippen LogP contribution < -0.4 is 0 Å². The highest BCUT2D eigenvalue weighted by molar-refractivity contribution is 9.11. The molecule has 5 rings (SSSR count). The summed E-state index contributed by atoms with van der Waals surface area (Å²) in [6.07, 6.45) is 12.8. The Morgan fingerprint density at radius 2 is 1.16 bits per heavy atom. The van der Waals surface area contributed by atoms with Gasteiger partial charge in [-0.3, -0.25) is 0 Å². The highest BCUT2D eigenvalue weighted by atomic mass is 79.9. The van der Waals surface area contributed by atoms with Crippen LogP contribution in [0.1, 0.15) is 98.6 Å². The summed E-state index contributed by atoms with van der Waals surface area (Å²) in [7, 11) is 0. The fraction of sp³-hybridized carbons (Fsp3) is 0.371. The summed E-state index contributed by atoms with van der Waals surface area (Å²) in [4.78, 5) is 1.40. The van der Waals surface area contributed by atoms with Gasteiger partial charge in [0.1, 0.15) is 0 Å². The minimum absolute atomic E-state index is 0.282. The van der Waals surface area contributed by atoms with Crippen molar-refractivity contribution in [1.29, 1.82) is 0 Å². The molecule has 4 aromatic rings. The molecule has 0 N–H and O–H groups in total. The Morgan fingerprint density at radius 1 is 0.622 bits per heavy atom. The first-order chi connectivity index (χ1) is 18.2. The van der Waals surface area contributed by atoms with Crippen LogP contribution in [0.4, 0.5) is 0 Å². The van der Waals surface area contributed by atoms with Crippen LogP contribution in [0.25, 0.3) is 10.4 Å². The third-order valence-corrected chi connectivity index (χ3v) is 9.76. The molecule has 37 heavy (non-hydrogen) atoms. The van der Waals surface area contributed by atoms with Crippen molar-refractivity contribution in [2.45, 2.75) is 83.5 Å². The highest BCUT2D eigenvalue weighted by Gasteiger charge is 2.47. The fourth-order valence-corrected chi connectivity index (χ4v) is 7.83. The number of fused-ring (bicyclic) bond motifs is 3. The van der Waals surface area contributed by atoms with Gasteiger partial charge in [-0.05, 0) is 86.6 Å². The molecule has 1 aliphatic carbocycles. The lowest BCUT2D eigenvalue weighted by molar-refractivity contribution is 0.666. The molecule has 1 aliphatic rings. The quantitative estimate of drug-likeness (QED) is 0.131. The van der Waals surface area contributed by atoms with Crippen LogP contribution in [0.5, 0.6) is 0 Å². The van der Waals surface area contributed by atoms with Crippen LogP contribution >= 0.6 is 27.3 Å². The van der Waals surface area contributed by atoms with Gasteiger partial charge in [-0.15, -0.1) is 11.3 Å². The molecule has 0 atom stereocenters. The summed E-state index contributed by atoms with van der Waals surface area (Å²) in [5.74, 6) is 0. The van der Waals surface area contributed by atoms with Crippen molar-refractivity contribution in [2.75, 3.05) is 0 Å². The molecular formula is C35H39BrS. The van der Waals surface area contributed by atoms with Crippen molar-refractivity contribution in [3.63, 3.8) is 0 Å².